The Morgan fingerprint density at radius 2 is 2.05 bits per heavy atom. The molecule has 108 valence electrons. The minimum absolute atomic E-state index is 0.0463. The van der Waals surface area contributed by atoms with Crippen LogP contribution < -0.4 is 11.1 Å². The molecule has 2 rings (SSSR count). The predicted octanol–water partition coefficient (Wildman–Crippen LogP) is 2.50. The molecule has 6 heteroatoms. The molecule has 20 heavy (non-hydrogen) atoms. The topological polar surface area (TPSA) is 92.4 Å². The highest BCUT2D eigenvalue weighted by Gasteiger charge is 2.37. The van der Waals surface area contributed by atoms with Crippen molar-refractivity contribution >= 4 is 29.2 Å². The fraction of sp³-hybridized carbons (Fsp3) is 0.429. The van der Waals surface area contributed by atoms with Gasteiger partial charge in [0.15, 0.2) is 0 Å². The van der Waals surface area contributed by atoms with E-state index in [0.29, 0.717) is 18.7 Å². The van der Waals surface area contributed by atoms with Crippen molar-refractivity contribution in [1.29, 1.82) is 0 Å². The summed E-state index contributed by atoms with van der Waals surface area (Å²) in [6.07, 6.45) is 3.39. The third-order valence-corrected chi connectivity index (χ3v) is 4.03. The Kier molecular flexibility index (Phi) is 4.30. The fourth-order valence-corrected chi connectivity index (χ4v) is 2.70. The number of halogens is 1. The molecule has 0 aromatic heterocycles. The SMILES string of the molecule is NCC1(CC(=O)Nc2cc(Cl)cc(C(=O)O)c2)CCC1. The number of carboxylic acids is 1. The number of nitrogens with two attached hydrogens (primary N) is 1. The van der Waals surface area contributed by atoms with Crippen LogP contribution in [0.1, 0.15) is 36.0 Å². The normalized spacial score (nSPS) is 16.3. The molecule has 0 spiro atoms. The maximum Gasteiger partial charge on any atom is 0.335 e. The first-order valence-electron chi connectivity index (χ1n) is 6.48. The number of aromatic carboxylic acids is 1. The van der Waals surface area contributed by atoms with Gasteiger partial charge in [-0.05, 0) is 43.0 Å². The van der Waals surface area contributed by atoms with Gasteiger partial charge >= 0.3 is 5.97 Å². The van der Waals surface area contributed by atoms with Crippen LogP contribution in [0.25, 0.3) is 0 Å². The molecule has 4 N–H and O–H groups in total. The van der Waals surface area contributed by atoms with Gasteiger partial charge in [-0.25, -0.2) is 4.79 Å². The Morgan fingerprint density at radius 3 is 2.55 bits per heavy atom. The summed E-state index contributed by atoms with van der Waals surface area (Å²) in [6.45, 7) is 0.496. The molecule has 1 aromatic rings. The second kappa shape index (κ2) is 5.81. The summed E-state index contributed by atoms with van der Waals surface area (Å²) < 4.78 is 0. The first-order valence-corrected chi connectivity index (χ1v) is 6.86. The van der Waals surface area contributed by atoms with Gasteiger partial charge in [-0.2, -0.15) is 0 Å². The van der Waals surface area contributed by atoms with Gasteiger partial charge in [-0.15, -0.1) is 0 Å². The van der Waals surface area contributed by atoms with Gasteiger partial charge < -0.3 is 16.2 Å². The minimum Gasteiger partial charge on any atom is -0.478 e. The lowest BCUT2D eigenvalue weighted by atomic mass is 9.66. The lowest BCUT2D eigenvalue weighted by Gasteiger charge is -2.40. The van der Waals surface area contributed by atoms with Gasteiger partial charge in [-0.3, -0.25) is 4.79 Å². The van der Waals surface area contributed by atoms with Crippen LogP contribution in [0, 0.1) is 5.41 Å². The number of hydrogen-bond donors (Lipinski definition) is 3. The Balaban J connectivity index is 2.06. The van der Waals surface area contributed by atoms with E-state index in [-0.39, 0.29) is 21.9 Å². The van der Waals surface area contributed by atoms with E-state index in [9.17, 15) is 9.59 Å². The van der Waals surface area contributed by atoms with Crippen molar-refractivity contribution in [2.24, 2.45) is 11.1 Å². The molecule has 1 aliphatic carbocycles. The molecule has 1 aliphatic rings. The largest absolute Gasteiger partial charge is 0.478 e. The third-order valence-electron chi connectivity index (χ3n) is 3.81. The highest BCUT2D eigenvalue weighted by atomic mass is 35.5. The summed E-state index contributed by atoms with van der Waals surface area (Å²) in [5.74, 6) is -1.24. The smallest absolute Gasteiger partial charge is 0.335 e. The van der Waals surface area contributed by atoms with Crippen LogP contribution in [0.3, 0.4) is 0 Å². The summed E-state index contributed by atoms with van der Waals surface area (Å²) in [7, 11) is 0. The molecule has 0 bridgehead atoms. The number of benzene rings is 1. The van der Waals surface area contributed by atoms with Crippen LogP contribution in [0.5, 0.6) is 0 Å². The number of amides is 1. The Bertz CT molecular complexity index is 536. The molecule has 0 saturated heterocycles. The van der Waals surface area contributed by atoms with Gasteiger partial charge in [0, 0.05) is 17.1 Å². The van der Waals surface area contributed by atoms with E-state index in [1.54, 1.807) is 0 Å². The number of carbonyl (C=O) groups excluding carboxylic acids is 1. The quantitative estimate of drug-likeness (QED) is 0.778. The fourth-order valence-electron chi connectivity index (χ4n) is 2.46. The summed E-state index contributed by atoms with van der Waals surface area (Å²) >= 11 is 5.84. The number of nitrogens with one attached hydrogen (secondary N) is 1. The number of carbonyl (C=O) groups is 2. The number of anilines is 1. The first kappa shape index (κ1) is 14.8. The maximum atomic E-state index is 12.0. The molecule has 0 radical (unpaired) electrons. The average Bonchev–Trinajstić information content (AvgIpc) is 2.33. The zero-order valence-corrected chi connectivity index (χ0v) is 11.7. The van der Waals surface area contributed by atoms with Crippen LogP contribution in [-0.4, -0.2) is 23.5 Å². The van der Waals surface area contributed by atoms with Gasteiger partial charge in [-0.1, -0.05) is 18.0 Å². The van der Waals surface area contributed by atoms with Crippen molar-refractivity contribution < 1.29 is 14.7 Å². The Hall–Kier alpha value is -1.59. The highest BCUT2D eigenvalue weighted by Crippen LogP contribution is 2.43. The molecule has 1 amide bonds. The minimum atomic E-state index is -1.08. The molecular weight excluding hydrogens is 280 g/mol. The molecular formula is C14H17ClN2O3. The lowest BCUT2D eigenvalue weighted by molar-refractivity contribution is -0.119. The van der Waals surface area contributed by atoms with Crippen molar-refractivity contribution in [2.75, 3.05) is 11.9 Å². The van der Waals surface area contributed by atoms with Gasteiger partial charge in [0.1, 0.15) is 0 Å². The average molecular weight is 297 g/mol. The molecule has 0 unspecified atom stereocenters. The summed E-state index contributed by atoms with van der Waals surface area (Å²) in [5.41, 5.74) is 6.08. The zero-order valence-electron chi connectivity index (χ0n) is 11.0. The van der Waals surface area contributed by atoms with E-state index in [4.69, 9.17) is 22.4 Å². The molecule has 1 saturated carbocycles. The Labute approximate surface area is 122 Å². The predicted molar refractivity (Wildman–Crippen MR) is 77.0 cm³/mol. The lowest BCUT2D eigenvalue weighted by Crippen LogP contribution is -2.40. The third kappa shape index (κ3) is 3.29. The van der Waals surface area contributed by atoms with E-state index in [1.165, 1.54) is 18.2 Å². The molecule has 5 nitrogen and oxygen atoms in total. The number of carboxylic acid groups (broad SMARTS) is 1. The molecule has 0 heterocycles. The van der Waals surface area contributed by atoms with Gasteiger partial charge in [0.25, 0.3) is 0 Å². The van der Waals surface area contributed by atoms with E-state index >= 15 is 0 Å². The molecule has 0 aliphatic heterocycles. The van der Waals surface area contributed by atoms with Crippen LogP contribution >= 0.6 is 11.6 Å². The van der Waals surface area contributed by atoms with Crippen LogP contribution in [0.15, 0.2) is 18.2 Å². The Morgan fingerprint density at radius 1 is 1.35 bits per heavy atom. The van der Waals surface area contributed by atoms with Crippen LogP contribution in [-0.2, 0) is 4.79 Å². The number of rotatable bonds is 5. The van der Waals surface area contributed by atoms with Gasteiger partial charge in [0.2, 0.25) is 5.91 Å². The zero-order chi connectivity index (χ0) is 14.8. The summed E-state index contributed by atoms with van der Waals surface area (Å²) in [5, 5.41) is 11.9. The monoisotopic (exact) mass is 296 g/mol. The van der Waals surface area contributed by atoms with E-state index < -0.39 is 5.97 Å². The number of hydrogen-bond acceptors (Lipinski definition) is 3. The summed E-state index contributed by atoms with van der Waals surface area (Å²) in [6, 6.07) is 4.26. The van der Waals surface area contributed by atoms with E-state index in [1.807, 2.05) is 0 Å². The maximum absolute atomic E-state index is 12.0. The van der Waals surface area contributed by atoms with Crippen molar-refractivity contribution in [3.63, 3.8) is 0 Å². The molecule has 1 fully saturated rings. The van der Waals surface area contributed by atoms with Crippen molar-refractivity contribution in [3.8, 4) is 0 Å². The van der Waals surface area contributed by atoms with Crippen LogP contribution in [0.4, 0.5) is 5.69 Å². The second-order valence-electron chi connectivity index (χ2n) is 5.32. The van der Waals surface area contributed by atoms with E-state index in [0.717, 1.165) is 19.3 Å². The summed E-state index contributed by atoms with van der Waals surface area (Å²) in [4.78, 5) is 22.9. The van der Waals surface area contributed by atoms with Gasteiger partial charge in [0.05, 0.1) is 5.56 Å². The highest BCUT2D eigenvalue weighted by molar-refractivity contribution is 6.31. The van der Waals surface area contributed by atoms with Crippen molar-refractivity contribution in [3.05, 3.63) is 28.8 Å². The molecule has 0 atom stereocenters. The first-order chi connectivity index (χ1) is 9.44. The van der Waals surface area contributed by atoms with E-state index in [2.05, 4.69) is 5.32 Å². The standard InChI is InChI=1S/C14H17ClN2O3/c15-10-4-9(13(19)20)5-11(6-10)17-12(18)7-14(8-16)2-1-3-14/h4-6H,1-3,7-8,16H2,(H,17,18)(H,19,20). The van der Waals surface area contributed by atoms with Crippen molar-refractivity contribution in [1.82, 2.24) is 0 Å². The molecule has 1 aromatic carbocycles. The second-order valence-corrected chi connectivity index (χ2v) is 5.75. The van der Waals surface area contributed by atoms with Crippen LogP contribution in [0.2, 0.25) is 5.02 Å². The van der Waals surface area contributed by atoms with Crippen molar-refractivity contribution in [2.45, 2.75) is 25.7 Å².